The number of nitrogens with zero attached hydrogens (tertiary/aromatic N) is 1. The van der Waals surface area contributed by atoms with Crippen molar-refractivity contribution in [2.24, 2.45) is 0 Å². The maximum Gasteiger partial charge on any atom is 0.332 e. The third-order valence-electron chi connectivity index (χ3n) is 4.18. The number of hydrogen-bond donors (Lipinski definition) is 2. The molecule has 1 aliphatic heterocycles. The van der Waals surface area contributed by atoms with Crippen LogP contribution in [0, 0.1) is 0 Å². The van der Waals surface area contributed by atoms with E-state index in [0.717, 1.165) is 25.1 Å². The number of benzene rings is 1. The van der Waals surface area contributed by atoms with Crippen molar-refractivity contribution in [3.63, 3.8) is 0 Å². The van der Waals surface area contributed by atoms with Gasteiger partial charge in [0, 0.05) is 23.0 Å². The van der Waals surface area contributed by atoms with Crippen molar-refractivity contribution in [2.75, 3.05) is 13.7 Å². The number of aliphatic carboxylic acids is 1. The van der Waals surface area contributed by atoms with E-state index in [1.165, 1.54) is 24.5 Å². The van der Waals surface area contributed by atoms with E-state index in [2.05, 4.69) is 16.3 Å². The molecule has 3 rings (SSSR count). The smallest absolute Gasteiger partial charge is 0.332 e. The predicted octanol–water partition coefficient (Wildman–Crippen LogP) is 3.13. The molecular formula is C19H22ClNO5S. The molecule has 1 unspecified atom stereocenters. The van der Waals surface area contributed by atoms with Crippen molar-refractivity contribution in [3.05, 3.63) is 56.7 Å². The number of methoxy groups -OCH3 is 1. The van der Waals surface area contributed by atoms with Crippen molar-refractivity contribution in [3.8, 4) is 0 Å². The summed E-state index contributed by atoms with van der Waals surface area (Å²) in [4.78, 5) is 25.3. The first-order valence-electron chi connectivity index (χ1n) is 8.37. The highest BCUT2D eigenvalue weighted by Gasteiger charge is 2.32. The first-order chi connectivity index (χ1) is 12.8. The number of carboxylic acid groups (broad SMARTS) is 1. The van der Waals surface area contributed by atoms with E-state index in [1.807, 2.05) is 24.3 Å². The summed E-state index contributed by atoms with van der Waals surface area (Å²) in [5, 5.41) is 18.5. The largest absolute Gasteiger partial charge is 0.479 e. The maximum atomic E-state index is 12.3. The van der Waals surface area contributed by atoms with E-state index in [1.54, 1.807) is 11.3 Å². The van der Waals surface area contributed by atoms with E-state index in [9.17, 15) is 9.59 Å². The molecule has 0 bridgehead atoms. The van der Waals surface area contributed by atoms with Crippen LogP contribution in [0.5, 0.6) is 0 Å². The molecule has 0 spiro atoms. The fourth-order valence-corrected chi connectivity index (χ4v) is 3.90. The molecule has 2 aromatic rings. The molecule has 0 saturated heterocycles. The van der Waals surface area contributed by atoms with Crippen LogP contribution >= 0.6 is 22.9 Å². The van der Waals surface area contributed by atoms with Crippen LogP contribution in [0.4, 0.5) is 0 Å². The van der Waals surface area contributed by atoms with Gasteiger partial charge in [0.15, 0.2) is 0 Å². The quantitative estimate of drug-likeness (QED) is 0.751. The zero-order valence-electron chi connectivity index (χ0n) is 15.1. The van der Waals surface area contributed by atoms with Crippen LogP contribution in [0.15, 0.2) is 35.7 Å². The first kappa shape index (κ1) is 21.4. The lowest BCUT2D eigenvalue weighted by molar-refractivity contribution is -0.148. The molecule has 0 saturated carbocycles. The van der Waals surface area contributed by atoms with Gasteiger partial charge in [-0.2, -0.15) is 0 Å². The van der Waals surface area contributed by atoms with Crippen LogP contribution in [-0.4, -0.2) is 46.8 Å². The number of hydrogen-bond acceptors (Lipinski definition) is 6. The van der Waals surface area contributed by atoms with Crippen LogP contribution < -0.4 is 0 Å². The first-order valence-corrected chi connectivity index (χ1v) is 9.63. The van der Waals surface area contributed by atoms with Crippen molar-refractivity contribution < 1.29 is 24.5 Å². The Balaban J connectivity index is 0.000000380. The minimum absolute atomic E-state index is 0.262. The van der Waals surface area contributed by atoms with Crippen LogP contribution in [0.1, 0.15) is 29.0 Å². The molecule has 146 valence electrons. The molecule has 2 N–H and O–H groups in total. The Labute approximate surface area is 167 Å². The van der Waals surface area contributed by atoms with Crippen LogP contribution in [0.25, 0.3) is 0 Å². The van der Waals surface area contributed by atoms with Gasteiger partial charge in [0.25, 0.3) is 0 Å². The van der Waals surface area contributed by atoms with Crippen molar-refractivity contribution in [1.82, 2.24) is 4.90 Å². The Morgan fingerprint density at radius 2 is 1.96 bits per heavy atom. The van der Waals surface area contributed by atoms with Gasteiger partial charge in [-0.05, 0) is 42.0 Å². The highest BCUT2D eigenvalue weighted by Crippen LogP contribution is 2.33. The van der Waals surface area contributed by atoms with E-state index < -0.39 is 18.1 Å². The van der Waals surface area contributed by atoms with E-state index in [0.29, 0.717) is 5.02 Å². The summed E-state index contributed by atoms with van der Waals surface area (Å²) in [5.74, 6) is -1.45. The molecule has 1 aromatic heterocycles. The highest BCUT2D eigenvalue weighted by atomic mass is 35.5. The molecule has 2 heterocycles. The summed E-state index contributed by atoms with van der Waals surface area (Å²) in [7, 11) is 1.42. The predicted molar refractivity (Wildman–Crippen MR) is 104 cm³/mol. The Hall–Kier alpha value is -1.93. The van der Waals surface area contributed by atoms with Gasteiger partial charge in [0.1, 0.15) is 12.1 Å². The lowest BCUT2D eigenvalue weighted by Crippen LogP contribution is -2.38. The summed E-state index contributed by atoms with van der Waals surface area (Å²) in [6.45, 7) is 2.78. The van der Waals surface area contributed by atoms with E-state index >= 15 is 0 Å². The average Bonchev–Trinajstić information content (AvgIpc) is 3.11. The lowest BCUT2D eigenvalue weighted by atomic mass is 10.0. The van der Waals surface area contributed by atoms with Crippen molar-refractivity contribution >= 4 is 34.9 Å². The number of fused-ring (bicyclic) bond motifs is 1. The molecule has 8 heteroatoms. The topological polar surface area (TPSA) is 87.1 Å². The third kappa shape index (κ3) is 5.52. The number of carbonyl (C=O) groups excluding carboxylic acids is 1. The molecule has 0 amide bonds. The summed E-state index contributed by atoms with van der Waals surface area (Å²) >= 11 is 8.07. The van der Waals surface area contributed by atoms with Gasteiger partial charge in [-0.15, -0.1) is 11.3 Å². The number of carboxylic acids is 1. The fraction of sp³-hybridized carbons (Fsp3) is 0.368. The number of thiophene rings is 1. The van der Waals surface area contributed by atoms with Crippen molar-refractivity contribution in [1.29, 1.82) is 0 Å². The minimum Gasteiger partial charge on any atom is -0.479 e. The summed E-state index contributed by atoms with van der Waals surface area (Å²) in [5.41, 5.74) is 2.11. The normalized spacial score (nSPS) is 15.7. The minimum atomic E-state index is -1.23. The number of halogens is 1. The van der Waals surface area contributed by atoms with E-state index in [4.69, 9.17) is 26.6 Å². The second kappa shape index (κ2) is 9.85. The summed E-state index contributed by atoms with van der Waals surface area (Å²) in [6, 6.07) is 9.16. The monoisotopic (exact) mass is 411 g/mol. The van der Waals surface area contributed by atoms with Gasteiger partial charge in [-0.25, -0.2) is 9.59 Å². The number of esters is 1. The van der Waals surface area contributed by atoms with Gasteiger partial charge >= 0.3 is 11.9 Å². The van der Waals surface area contributed by atoms with Crippen molar-refractivity contribution in [2.45, 2.75) is 32.0 Å². The Morgan fingerprint density at radius 1 is 1.30 bits per heavy atom. The van der Waals surface area contributed by atoms with Gasteiger partial charge in [0.2, 0.25) is 0 Å². The lowest BCUT2D eigenvalue weighted by Gasteiger charge is -2.33. The third-order valence-corrected chi connectivity index (χ3v) is 5.55. The van der Waals surface area contributed by atoms with Crippen LogP contribution in [0.3, 0.4) is 0 Å². The Bertz CT molecular complexity index is 792. The van der Waals surface area contributed by atoms with E-state index in [-0.39, 0.29) is 5.97 Å². The molecule has 0 radical (unpaired) electrons. The summed E-state index contributed by atoms with van der Waals surface area (Å²) < 4.78 is 5.01. The maximum absolute atomic E-state index is 12.3. The Kier molecular flexibility index (Phi) is 7.79. The van der Waals surface area contributed by atoms with Crippen LogP contribution in [-0.2, 0) is 27.3 Å². The zero-order valence-corrected chi connectivity index (χ0v) is 16.7. The number of carbonyl (C=O) groups is 2. The second-order valence-electron chi connectivity index (χ2n) is 6.05. The zero-order chi connectivity index (χ0) is 20.0. The average molecular weight is 412 g/mol. The molecule has 0 fully saturated rings. The summed E-state index contributed by atoms with van der Waals surface area (Å²) in [6.07, 6.45) is -0.268. The molecule has 1 aromatic carbocycles. The number of ether oxygens (including phenoxy) is 1. The molecule has 0 aliphatic carbocycles. The second-order valence-corrected chi connectivity index (χ2v) is 7.46. The number of aliphatic hydroxyl groups is 1. The molecule has 6 nitrogen and oxygen atoms in total. The highest BCUT2D eigenvalue weighted by molar-refractivity contribution is 7.10. The van der Waals surface area contributed by atoms with Crippen LogP contribution in [0.2, 0.25) is 5.02 Å². The standard InChI is InChI=1S/C16H16ClNO2S.C3H6O3/c1-20-16(19)15(12-4-2-3-5-13(12)17)18-8-6-14-11(10-18)7-9-21-14;1-2(4)3(5)6/h2-5,7,9,15H,6,8,10H2,1H3;2,4H,1H3,(H,5,6)/t15-;/m0./s1. The molecule has 1 aliphatic rings. The van der Waals surface area contributed by atoms with Gasteiger partial charge in [-0.1, -0.05) is 29.8 Å². The number of aliphatic hydroxyl groups excluding tert-OH is 1. The molecule has 27 heavy (non-hydrogen) atoms. The van der Waals surface area contributed by atoms with Gasteiger partial charge in [-0.3, -0.25) is 4.90 Å². The fourth-order valence-electron chi connectivity index (χ4n) is 2.77. The molecule has 2 atom stereocenters. The Morgan fingerprint density at radius 3 is 2.56 bits per heavy atom. The number of rotatable bonds is 4. The van der Waals surface area contributed by atoms with Gasteiger partial charge < -0.3 is 14.9 Å². The SMILES string of the molecule is CC(O)C(=O)O.COC(=O)[C@H](c1ccccc1Cl)N1CCc2sccc2C1. The molecular weight excluding hydrogens is 390 g/mol. The van der Waals surface area contributed by atoms with Gasteiger partial charge in [0.05, 0.1) is 7.11 Å².